The average Bonchev–Trinajstić information content (AvgIpc) is 3.35. The SMILES string of the molecule is CCCCCCCCCCCCCCOc1cccc(OCC(=O)Nc2ccc(C[n+]3csc(C)c3)cc2)c1. The lowest BCUT2D eigenvalue weighted by atomic mass is 10.1. The number of carbonyl (C=O) groups excluding carboxylic acids is 1. The van der Waals surface area contributed by atoms with Gasteiger partial charge in [0.15, 0.2) is 19.3 Å². The maximum absolute atomic E-state index is 12.4. The Morgan fingerprint density at radius 2 is 1.44 bits per heavy atom. The molecule has 0 atom stereocenters. The van der Waals surface area contributed by atoms with Crippen molar-refractivity contribution < 1.29 is 18.8 Å². The zero-order chi connectivity index (χ0) is 27.5. The molecule has 0 unspecified atom stereocenters. The van der Waals surface area contributed by atoms with E-state index in [-0.39, 0.29) is 12.5 Å². The summed E-state index contributed by atoms with van der Waals surface area (Å²) in [4.78, 5) is 13.7. The highest BCUT2D eigenvalue weighted by atomic mass is 32.1. The molecule has 3 rings (SSSR count). The molecule has 1 amide bonds. The number of unbranched alkanes of at least 4 members (excludes halogenated alkanes) is 11. The van der Waals surface area contributed by atoms with Gasteiger partial charge in [0.1, 0.15) is 11.5 Å². The lowest BCUT2D eigenvalue weighted by molar-refractivity contribution is -0.683. The van der Waals surface area contributed by atoms with Crippen molar-refractivity contribution in [2.24, 2.45) is 0 Å². The molecule has 0 aliphatic rings. The van der Waals surface area contributed by atoms with Crippen LogP contribution in [0.15, 0.2) is 60.2 Å². The number of hydrogen-bond donors (Lipinski definition) is 1. The van der Waals surface area contributed by atoms with Crippen LogP contribution in [-0.2, 0) is 11.3 Å². The van der Waals surface area contributed by atoms with Crippen LogP contribution in [0.2, 0.25) is 0 Å². The van der Waals surface area contributed by atoms with Crippen LogP contribution in [0.1, 0.15) is 94.4 Å². The minimum atomic E-state index is -0.187. The third-order valence-electron chi connectivity index (χ3n) is 6.77. The number of carbonyl (C=O) groups is 1. The van der Waals surface area contributed by atoms with E-state index in [1.54, 1.807) is 11.3 Å². The summed E-state index contributed by atoms with van der Waals surface area (Å²) >= 11 is 1.73. The fourth-order valence-electron chi connectivity index (χ4n) is 4.57. The van der Waals surface area contributed by atoms with Crippen molar-refractivity contribution in [1.82, 2.24) is 0 Å². The van der Waals surface area contributed by atoms with Gasteiger partial charge in [-0.25, -0.2) is 0 Å². The summed E-state index contributed by atoms with van der Waals surface area (Å²) in [5, 5.41) is 2.90. The van der Waals surface area contributed by atoms with Gasteiger partial charge in [-0.3, -0.25) is 4.79 Å². The van der Waals surface area contributed by atoms with Crippen LogP contribution in [0, 0.1) is 6.92 Å². The fourth-order valence-corrected chi connectivity index (χ4v) is 5.20. The first-order valence-electron chi connectivity index (χ1n) is 14.8. The standard InChI is InChI=1S/C33H46N2O3S/c1-3-4-5-6-7-8-9-10-11-12-13-14-22-37-31-16-15-17-32(23-31)38-26-33(36)34-30-20-18-29(19-21-30)25-35-24-28(2)39-27-35/h15-21,23-24,27H,3-14,22,25-26H2,1-2H3/p+1. The summed E-state index contributed by atoms with van der Waals surface area (Å²) < 4.78 is 13.8. The van der Waals surface area contributed by atoms with E-state index in [2.05, 4.69) is 35.4 Å². The molecule has 1 N–H and O–H groups in total. The third kappa shape index (κ3) is 13.2. The van der Waals surface area contributed by atoms with E-state index in [1.165, 1.54) is 81.1 Å². The van der Waals surface area contributed by atoms with Crippen LogP contribution < -0.4 is 19.4 Å². The molecule has 0 radical (unpaired) electrons. The maximum atomic E-state index is 12.4. The number of rotatable bonds is 20. The van der Waals surface area contributed by atoms with Crippen molar-refractivity contribution in [3.8, 4) is 11.5 Å². The number of hydrogen-bond acceptors (Lipinski definition) is 4. The summed E-state index contributed by atoms with van der Waals surface area (Å²) in [7, 11) is 0. The Labute approximate surface area is 239 Å². The van der Waals surface area contributed by atoms with Gasteiger partial charge in [0.25, 0.3) is 5.91 Å². The van der Waals surface area contributed by atoms with Crippen molar-refractivity contribution in [3.63, 3.8) is 0 Å². The van der Waals surface area contributed by atoms with Crippen molar-refractivity contribution in [2.75, 3.05) is 18.5 Å². The first-order chi connectivity index (χ1) is 19.1. The zero-order valence-electron chi connectivity index (χ0n) is 24.0. The Morgan fingerprint density at radius 3 is 2.05 bits per heavy atom. The van der Waals surface area contributed by atoms with E-state index in [1.807, 2.05) is 48.5 Å². The topological polar surface area (TPSA) is 51.4 Å². The van der Waals surface area contributed by atoms with Crippen LogP contribution in [0.25, 0.3) is 0 Å². The number of thiazole rings is 1. The highest BCUT2D eigenvalue weighted by Gasteiger charge is 2.08. The number of nitrogens with zero attached hydrogens (tertiary/aromatic N) is 1. The van der Waals surface area contributed by atoms with E-state index >= 15 is 0 Å². The van der Waals surface area contributed by atoms with Gasteiger partial charge in [-0.1, -0.05) is 107 Å². The smallest absolute Gasteiger partial charge is 0.262 e. The molecule has 1 heterocycles. The molecule has 0 saturated carbocycles. The monoisotopic (exact) mass is 551 g/mol. The van der Waals surface area contributed by atoms with Gasteiger partial charge in [-0.05, 0) is 37.6 Å². The third-order valence-corrected chi connectivity index (χ3v) is 7.62. The van der Waals surface area contributed by atoms with Crippen LogP contribution >= 0.6 is 11.3 Å². The maximum Gasteiger partial charge on any atom is 0.262 e. The minimum absolute atomic E-state index is 0.0476. The summed E-state index contributed by atoms with van der Waals surface area (Å²) in [5.74, 6) is 1.23. The van der Waals surface area contributed by atoms with Crippen LogP contribution in [0.4, 0.5) is 5.69 Å². The number of aromatic nitrogens is 1. The van der Waals surface area contributed by atoms with Gasteiger partial charge in [-0.15, -0.1) is 0 Å². The molecular formula is C33H47N2O3S+. The molecule has 0 spiro atoms. The summed E-state index contributed by atoms with van der Waals surface area (Å²) in [6.45, 7) is 5.86. The number of aryl methyl sites for hydroxylation is 1. The lowest BCUT2D eigenvalue weighted by Gasteiger charge is -2.10. The number of ether oxygens (including phenoxy) is 2. The molecule has 0 aliphatic carbocycles. The predicted molar refractivity (Wildman–Crippen MR) is 162 cm³/mol. The van der Waals surface area contributed by atoms with Crippen molar-refractivity contribution in [1.29, 1.82) is 0 Å². The van der Waals surface area contributed by atoms with Crippen LogP contribution in [-0.4, -0.2) is 19.1 Å². The quantitative estimate of drug-likeness (QED) is 0.113. The molecular weight excluding hydrogens is 504 g/mol. The molecule has 0 saturated heterocycles. The van der Waals surface area contributed by atoms with E-state index in [4.69, 9.17) is 9.47 Å². The van der Waals surface area contributed by atoms with E-state index in [0.29, 0.717) is 12.4 Å². The molecule has 212 valence electrons. The van der Waals surface area contributed by atoms with Gasteiger partial charge in [0, 0.05) is 17.3 Å². The second-order valence-corrected chi connectivity index (χ2v) is 11.5. The van der Waals surface area contributed by atoms with E-state index in [0.717, 1.165) is 24.4 Å². The van der Waals surface area contributed by atoms with E-state index < -0.39 is 0 Å². The Kier molecular flexibility index (Phi) is 14.5. The highest BCUT2D eigenvalue weighted by molar-refractivity contribution is 7.09. The lowest BCUT2D eigenvalue weighted by Crippen LogP contribution is -2.30. The Morgan fingerprint density at radius 1 is 0.821 bits per heavy atom. The Hall–Kier alpha value is -2.86. The molecule has 6 heteroatoms. The van der Waals surface area contributed by atoms with Crippen molar-refractivity contribution in [3.05, 3.63) is 70.7 Å². The van der Waals surface area contributed by atoms with Crippen LogP contribution in [0.3, 0.4) is 0 Å². The average molecular weight is 552 g/mol. The van der Waals surface area contributed by atoms with Crippen molar-refractivity contribution in [2.45, 2.75) is 97.4 Å². The second kappa shape index (κ2) is 18.4. The van der Waals surface area contributed by atoms with Gasteiger partial charge < -0.3 is 14.8 Å². The molecule has 0 bridgehead atoms. The number of anilines is 1. The summed E-state index contributed by atoms with van der Waals surface area (Å²) in [5.41, 5.74) is 4.06. The fraction of sp³-hybridized carbons (Fsp3) is 0.515. The van der Waals surface area contributed by atoms with Gasteiger partial charge in [-0.2, -0.15) is 4.57 Å². The first-order valence-corrected chi connectivity index (χ1v) is 15.7. The molecule has 3 aromatic rings. The highest BCUT2D eigenvalue weighted by Crippen LogP contribution is 2.20. The molecule has 2 aromatic carbocycles. The Balaban J connectivity index is 1.24. The molecule has 39 heavy (non-hydrogen) atoms. The number of nitrogens with one attached hydrogen (secondary N) is 1. The van der Waals surface area contributed by atoms with Gasteiger partial charge >= 0.3 is 0 Å². The Bertz CT molecular complexity index is 1080. The summed E-state index contributed by atoms with van der Waals surface area (Å²) in [6, 6.07) is 15.5. The number of benzene rings is 2. The first kappa shape index (κ1) is 30.7. The predicted octanol–water partition coefficient (Wildman–Crippen LogP) is 8.49. The minimum Gasteiger partial charge on any atom is -0.493 e. The summed E-state index contributed by atoms with van der Waals surface area (Å²) in [6.07, 6.45) is 18.1. The van der Waals surface area contributed by atoms with Crippen molar-refractivity contribution >= 4 is 22.9 Å². The molecule has 5 nitrogen and oxygen atoms in total. The van der Waals surface area contributed by atoms with E-state index in [9.17, 15) is 4.79 Å². The molecule has 0 fully saturated rings. The van der Waals surface area contributed by atoms with Gasteiger partial charge in [0.2, 0.25) is 5.51 Å². The zero-order valence-corrected chi connectivity index (χ0v) is 24.8. The van der Waals surface area contributed by atoms with Crippen LogP contribution in [0.5, 0.6) is 11.5 Å². The molecule has 1 aromatic heterocycles. The van der Waals surface area contributed by atoms with Gasteiger partial charge in [0.05, 0.1) is 11.5 Å². The largest absolute Gasteiger partial charge is 0.493 e. The second-order valence-electron chi connectivity index (χ2n) is 10.4. The number of amides is 1. The normalized spacial score (nSPS) is 10.9. The molecule has 0 aliphatic heterocycles.